The third-order valence-electron chi connectivity index (χ3n) is 4.00. The predicted octanol–water partition coefficient (Wildman–Crippen LogP) is 1.69. The van der Waals surface area contributed by atoms with Crippen LogP contribution in [0.4, 0.5) is 11.5 Å². The van der Waals surface area contributed by atoms with Crippen molar-refractivity contribution in [2.45, 2.75) is 13.5 Å². The average Bonchev–Trinajstić information content (AvgIpc) is 2.51. The standard InChI is InChI=1S/C16H21N5/c1-13-3-2-6-18-15(13)12-20-7-9-21(10-8-20)14-4-5-16(17)19-11-14/h2-6,11H,7-10,12H2,1H3,(H2,17,19). The van der Waals surface area contributed by atoms with E-state index in [1.165, 1.54) is 11.3 Å². The molecule has 3 heterocycles. The zero-order valence-electron chi connectivity index (χ0n) is 12.4. The van der Waals surface area contributed by atoms with Crippen LogP contribution in [0.2, 0.25) is 0 Å². The molecule has 5 heteroatoms. The minimum absolute atomic E-state index is 0.572. The Kier molecular flexibility index (Phi) is 4.01. The van der Waals surface area contributed by atoms with Crippen LogP contribution >= 0.6 is 0 Å². The molecule has 0 saturated carbocycles. The molecule has 0 aliphatic carbocycles. The van der Waals surface area contributed by atoms with Crippen molar-refractivity contribution in [3.05, 3.63) is 47.9 Å². The first-order valence-corrected chi connectivity index (χ1v) is 7.32. The zero-order chi connectivity index (χ0) is 14.7. The van der Waals surface area contributed by atoms with Gasteiger partial charge in [0.1, 0.15) is 5.82 Å². The summed E-state index contributed by atoms with van der Waals surface area (Å²) in [5.41, 5.74) is 9.23. The van der Waals surface area contributed by atoms with Crippen molar-refractivity contribution >= 4 is 11.5 Å². The number of rotatable bonds is 3. The lowest BCUT2D eigenvalue weighted by atomic mass is 10.2. The second-order valence-corrected chi connectivity index (χ2v) is 5.47. The summed E-state index contributed by atoms with van der Waals surface area (Å²) in [5, 5.41) is 0. The molecule has 1 saturated heterocycles. The molecule has 1 aliphatic heterocycles. The molecule has 0 radical (unpaired) electrons. The van der Waals surface area contributed by atoms with Crippen LogP contribution in [-0.4, -0.2) is 41.0 Å². The van der Waals surface area contributed by atoms with Crippen molar-refractivity contribution in [3.63, 3.8) is 0 Å². The van der Waals surface area contributed by atoms with E-state index in [2.05, 4.69) is 32.8 Å². The molecule has 5 nitrogen and oxygen atoms in total. The molecule has 0 aromatic carbocycles. The maximum Gasteiger partial charge on any atom is 0.123 e. The first kappa shape index (κ1) is 13.8. The van der Waals surface area contributed by atoms with Crippen LogP contribution in [0.15, 0.2) is 36.7 Å². The number of nitrogens with zero attached hydrogens (tertiary/aromatic N) is 4. The molecular formula is C16H21N5. The maximum atomic E-state index is 5.63. The summed E-state index contributed by atoms with van der Waals surface area (Å²) in [6.07, 6.45) is 3.73. The fourth-order valence-corrected chi connectivity index (χ4v) is 2.64. The zero-order valence-corrected chi connectivity index (χ0v) is 12.4. The van der Waals surface area contributed by atoms with Gasteiger partial charge in [0.25, 0.3) is 0 Å². The second kappa shape index (κ2) is 6.10. The van der Waals surface area contributed by atoms with E-state index < -0.39 is 0 Å². The van der Waals surface area contributed by atoms with Gasteiger partial charge in [-0.05, 0) is 30.7 Å². The van der Waals surface area contributed by atoms with Crippen LogP contribution in [0.5, 0.6) is 0 Å². The average molecular weight is 283 g/mol. The van der Waals surface area contributed by atoms with Crippen LogP contribution in [0, 0.1) is 6.92 Å². The molecule has 21 heavy (non-hydrogen) atoms. The Bertz CT molecular complexity index is 588. The molecule has 1 fully saturated rings. The van der Waals surface area contributed by atoms with E-state index in [-0.39, 0.29) is 0 Å². The molecule has 0 amide bonds. The summed E-state index contributed by atoms with van der Waals surface area (Å²) < 4.78 is 0. The highest BCUT2D eigenvalue weighted by Crippen LogP contribution is 2.17. The van der Waals surface area contributed by atoms with Crippen molar-refractivity contribution in [2.75, 3.05) is 36.8 Å². The van der Waals surface area contributed by atoms with Gasteiger partial charge in [0.15, 0.2) is 0 Å². The van der Waals surface area contributed by atoms with Crippen molar-refractivity contribution < 1.29 is 0 Å². The van der Waals surface area contributed by atoms with Gasteiger partial charge in [0, 0.05) is 38.9 Å². The van der Waals surface area contributed by atoms with Crippen LogP contribution in [-0.2, 0) is 6.54 Å². The number of hydrogen-bond acceptors (Lipinski definition) is 5. The number of nitrogens with two attached hydrogens (primary N) is 1. The highest BCUT2D eigenvalue weighted by Gasteiger charge is 2.18. The summed E-state index contributed by atoms with van der Waals surface area (Å²) in [6.45, 7) is 7.16. The molecule has 0 spiro atoms. The van der Waals surface area contributed by atoms with Gasteiger partial charge in [0.05, 0.1) is 17.6 Å². The Morgan fingerprint density at radius 2 is 1.90 bits per heavy atom. The van der Waals surface area contributed by atoms with Gasteiger partial charge in [-0.15, -0.1) is 0 Å². The Labute approximate surface area is 125 Å². The highest BCUT2D eigenvalue weighted by atomic mass is 15.3. The van der Waals surface area contributed by atoms with Gasteiger partial charge in [-0.3, -0.25) is 9.88 Å². The molecular weight excluding hydrogens is 262 g/mol. The minimum Gasteiger partial charge on any atom is -0.384 e. The number of nitrogen functional groups attached to an aromatic ring is 1. The molecule has 1 aliphatic rings. The van der Waals surface area contributed by atoms with Gasteiger partial charge in [0.2, 0.25) is 0 Å². The van der Waals surface area contributed by atoms with Crippen molar-refractivity contribution in [2.24, 2.45) is 0 Å². The Morgan fingerprint density at radius 1 is 1.10 bits per heavy atom. The Balaban J connectivity index is 1.58. The molecule has 3 rings (SSSR count). The first-order valence-electron chi connectivity index (χ1n) is 7.32. The topological polar surface area (TPSA) is 58.3 Å². The van der Waals surface area contributed by atoms with Gasteiger partial charge >= 0.3 is 0 Å². The third-order valence-corrected chi connectivity index (χ3v) is 4.00. The second-order valence-electron chi connectivity index (χ2n) is 5.47. The highest BCUT2D eigenvalue weighted by molar-refractivity contribution is 5.48. The van der Waals surface area contributed by atoms with E-state index in [4.69, 9.17) is 5.73 Å². The van der Waals surface area contributed by atoms with Gasteiger partial charge in [-0.1, -0.05) is 6.07 Å². The molecule has 0 unspecified atom stereocenters. The smallest absolute Gasteiger partial charge is 0.123 e. The van der Waals surface area contributed by atoms with Gasteiger partial charge in [-0.25, -0.2) is 4.98 Å². The van der Waals surface area contributed by atoms with E-state index in [0.29, 0.717) is 5.82 Å². The van der Waals surface area contributed by atoms with Crippen molar-refractivity contribution in [3.8, 4) is 0 Å². The Morgan fingerprint density at radius 3 is 2.57 bits per heavy atom. The van der Waals surface area contributed by atoms with Crippen LogP contribution < -0.4 is 10.6 Å². The summed E-state index contributed by atoms with van der Waals surface area (Å²) in [6, 6.07) is 8.02. The fourth-order valence-electron chi connectivity index (χ4n) is 2.64. The fraction of sp³-hybridized carbons (Fsp3) is 0.375. The molecule has 2 N–H and O–H groups in total. The van der Waals surface area contributed by atoms with Crippen LogP contribution in [0.3, 0.4) is 0 Å². The van der Waals surface area contributed by atoms with E-state index >= 15 is 0 Å². The maximum absolute atomic E-state index is 5.63. The van der Waals surface area contributed by atoms with Gasteiger partial charge in [-0.2, -0.15) is 0 Å². The van der Waals surface area contributed by atoms with Crippen LogP contribution in [0.25, 0.3) is 0 Å². The largest absolute Gasteiger partial charge is 0.384 e. The summed E-state index contributed by atoms with van der Waals surface area (Å²) in [5.74, 6) is 0.572. The molecule has 0 bridgehead atoms. The first-order chi connectivity index (χ1) is 10.2. The van der Waals surface area contributed by atoms with Crippen molar-refractivity contribution in [1.82, 2.24) is 14.9 Å². The van der Waals surface area contributed by atoms with E-state index in [9.17, 15) is 0 Å². The number of anilines is 2. The minimum atomic E-state index is 0.572. The van der Waals surface area contributed by atoms with E-state index in [1.54, 1.807) is 0 Å². The molecule has 110 valence electrons. The lowest BCUT2D eigenvalue weighted by Gasteiger charge is -2.35. The predicted molar refractivity (Wildman–Crippen MR) is 85.1 cm³/mol. The summed E-state index contributed by atoms with van der Waals surface area (Å²) >= 11 is 0. The lowest BCUT2D eigenvalue weighted by molar-refractivity contribution is 0.246. The third kappa shape index (κ3) is 3.31. The molecule has 2 aromatic rings. The SMILES string of the molecule is Cc1cccnc1CN1CCN(c2ccc(N)nc2)CC1. The lowest BCUT2D eigenvalue weighted by Crippen LogP contribution is -2.46. The van der Waals surface area contributed by atoms with Crippen LogP contribution in [0.1, 0.15) is 11.3 Å². The number of aryl methyl sites for hydroxylation is 1. The Hall–Kier alpha value is -2.14. The quantitative estimate of drug-likeness (QED) is 0.929. The summed E-state index contributed by atoms with van der Waals surface area (Å²) in [4.78, 5) is 13.5. The monoisotopic (exact) mass is 283 g/mol. The normalized spacial score (nSPS) is 16.1. The molecule has 0 atom stereocenters. The van der Waals surface area contributed by atoms with E-state index in [0.717, 1.165) is 38.4 Å². The number of hydrogen-bond donors (Lipinski definition) is 1. The summed E-state index contributed by atoms with van der Waals surface area (Å²) in [7, 11) is 0. The van der Waals surface area contributed by atoms with Crippen molar-refractivity contribution in [1.29, 1.82) is 0 Å². The van der Waals surface area contributed by atoms with E-state index in [1.807, 2.05) is 30.6 Å². The number of aromatic nitrogens is 2. The number of pyridine rings is 2. The number of piperazine rings is 1. The molecule has 2 aromatic heterocycles. The van der Waals surface area contributed by atoms with Gasteiger partial charge < -0.3 is 10.6 Å².